The van der Waals surface area contributed by atoms with Crippen LogP contribution in [0.5, 0.6) is 0 Å². The topological polar surface area (TPSA) is 64.7 Å². The van der Waals surface area contributed by atoms with E-state index in [1.54, 1.807) is 6.07 Å². The highest BCUT2D eigenvalue weighted by Gasteiger charge is 2.25. The van der Waals surface area contributed by atoms with Crippen molar-refractivity contribution in [3.8, 4) is 0 Å². The predicted molar refractivity (Wildman–Crippen MR) is 123 cm³/mol. The molecule has 1 aliphatic heterocycles. The predicted octanol–water partition coefficient (Wildman–Crippen LogP) is 2.83. The van der Waals surface area contributed by atoms with Gasteiger partial charge in [0.2, 0.25) is 5.91 Å². The number of carbonyl (C=O) groups excluding carboxylic acids is 2. The second kappa shape index (κ2) is 11.1. The Hall–Kier alpha value is -2.38. The summed E-state index contributed by atoms with van der Waals surface area (Å²) < 4.78 is 0. The fourth-order valence-corrected chi connectivity index (χ4v) is 4.27. The van der Waals surface area contributed by atoms with E-state index in [1.165, 1.54) is 17.0 Å². The van der Waals surface area contributed by atoms with Crippen molar-refractivity contribution in [2.45, 2.75) is 26.3 Å². The number of carbonyl (C=O) groups is 2. The average molecular weight is 429 g/mol. The minimum atomic E-state index is -0.519. The molecule has 1 atom stereocenters. The number of benzene rings is 1. The lowest BCUT2D eigenvalue weighted by Gasteiger charge is -2.36. The molecule has 1 saturated heterocycles. The van der Waals surface area contributed by atoms with Crippen molar-refractivity contribution < 1.29 is 9.59 Å². The maximum atomic E-state index is 12.6. The van der Waals surface area contributed by atoms with Gasteiger partial charge in [-0.15, -0.1) is 11.3 Å². The third kappa shape index (κ3) is 6.31. The summed E-state index contributed by atoms with van der Waals surface area (Å²) in [5, 5.41) is 7.73. The Bertz CT molecular complexity index is 787. The quantitative estimate of drug-likeness (QED) is 0.603. The highest BCUT2D eigenvalue weighted by Crippen LogP contribution is 2.15. The number of anilines is 1. The van der Waals surface area contributed by atoms with Crippen molar-refractivity contribution in [3.05, 3.63) is 52.7 Å². The molecule has 0 spiro atoms. The van der Waals surface area contributed by atoms with Gasteiger partial charge in [0, 0.05) is 38.4 Å². The van der Waals surface area contributed by atoms with Crippen LogP contribution in [0.15, 0.2) is 47.8 Å². The second-order valence-electron chi connectivity index (χ2n) is 7.98. The summed E-state index contributed by atoms with van der Waals surface area (Å²) >= 11 is 1.38. The number of piperazine rings is 1. The SMILES string of the molecule is CC(C)C(NC(=O)c1cccs1)C(=O)NCCCN1CCN(c2ccccc2)CC1. The molecule has 0 aliphatic carbocycles. The van der Waals surface area contributed by atoms with Crippen LogP contribution >= 0.6 is 11.3 Å². The number of amides is 2. The van der Waals surface area contributed by atoms with Crippen molar-refractivity contribution in [1.82, 2.24) is 15.5 Å². The zero-order valence-corrected chi connectivity index (χ0v) is 18.7. The summed E-state index contributed by atoms with van der Waals surface area (Å²) in [5.74, 6) is -0.265. The third-order valence-electron chi connectivity index (χ3n) is 5.42. The summed E-state index contributed by atoms with van der Waals surface area (Å²) in [7, 11) is 0. The Morgan fingerprint density at radius 2 is 1.77 bits per heavy atom. The molecule has 1 aromatic carbocycles. The standard InChI is InChI=1S/C23H32N4O2S/c1-18(2)21(25-22(28)20-10-6-17-30-20)23(29)24-11-7-12-26-13-15-27(16-14-26)19-8-4-3-5-9-19/h3-6,8-10,17-18,21H,7,11-16H2,1-2H3,(H,24,29)(H,25,28). The van der Waals surface area contributed by atoms with E-state index < -0.39 is 6.04 Å². The lowest BCUT2D eigenvalue weighted by atomic mass is 10.0. The van der Waals surface area contributed by atoms with E-state index in [9.17, 15) is 9.59 Å². The fourth-order valence-electron chi connectivity index (χ4n) is 3.65. The van der Waals surface area contributed by atoms with Crippen molar-refractivity contribution >= 4 is 28.8 Å². The Morgan fingerprint density at radius 1 is 1.03 bits per heavy atom. The molecule has 2 aromatic rings. The Balaban J connectivity index is 1.36. The van der Waals surface area contributed by atoms with Gasteiger partial charge in [-0.2, -0.15) is 0 Å². The average Bonchev–Trinajstić information content (AvgIpc) is 3.31. The lowest BCUT2D eigenvalue weighted by Crippen LogP contribution is -2.50. The lowest BCUT2D eigenvalue weighted by molar-refractivity contribution is -0.123. The number of hydrogen-bond donors (Lipinski definition) is 2. The van der Waals surface area contributed by atoms with E-state index in [4.69, 9.17) is 0 Å². The zero-order chi connectivity index (χ0) is 21.3. The first-order valence-electron chi connectivity index (χ1n) is 10.7. The van der Waals surface area contributed by atoms with Gasteiger partial charge < -0.3 is 15.5 Å². The van der Waals surface area contributed by atoms with Gasteiger partial charge in [0.25, 0.3) is 5.91 Å². The molecule has 2 heterocycles. The molecule has 0 bridgehead atoms. The molecular formula is C23H32N4O2S. The molecule has 1 fully saturated rings. The van der Waals surface area contributed by atoms with Gasteiger partial charge in [-0.25, -0.2) is 0 Å². The fraction of sp³-hybridized carbons (Fsp3) is 0.478. The Kier molecular flexibility index (Phi) is 8.28. The van der Waals surface area contributed by atoms with Crippen LogP contribution in [0, 0.1) is 5.92 Å². The van der Waals surface area contributed by atoms with Crippen molar-refractivity contribution in [2.75, 3.05) is 44.2 Å². The van der Waals surface area contributed by atoms with Crippen LogP contribution in [-0.4, -0.2) is 62.0 Å². The van der Waals surface area contributed by atoms with Crippen LogP contribution in [-0.2, 0) is 4.79 Å². The molecule has 3 rings (SSSR count). The number of thiophene rings is 1. The number of hydrogen-bond acceptors (Lipinski definition) is 5. The normalized spacial score (nSPS) is 15.8. The first-order valence-corrected chi connectivity index (χ1v) is 11.6. The summed E-state index contributed by atoms with van der Waals surface area (Å²) in [6.07, 6.45) is 0.904. The van der Waals surface area contributed by atoms with Gasteiger partial charge in [0.1, 0.15) is 6.04 Å². The van der Waals surface area contributed by atoms with Gasteiger partial charge in [-0.3, -0.25) is 14.5 Å². The second-order valence-corrected chi connectivity index (χ2v) is 8.93. The van der Waals surface area contributed by atoms with E-state index in [1.807, 2.05) is 31.4 Å². The number of nitrogens with one attached hydrogen (secondary N) is 2. The van der Waals surface area contributed by atoms with E-state index in [-0.39, 0.29) is 17.7 Å². The molecule has 0 saturated carbocycles. The summed E-state index contributed by atoms with van der Waals surface area (Å²) in [4.78, 5) is 30.4. The Morgan fingerprint density at radius 3 is 2.40 bits per heavy atom. The minimum Gasteiger partial charge on any atom is -0.369 e. The van der Waals surface area contributed by atoms with Crippen LogP contribution in [0.1, 0.15) is 29.9 Å². The minimum absolute atomic E-state index is 0.0278. The molecule has 0 radical (unpaired) electrons. The van der Waals surface area contributed by atoms with Gasteiger partial charge in [-0.05, 0) is 42.5 Å². The first kappa shape index (κ1) is 22.3. The molecule has 1 aliphatic rings. The monoisotopic (exact) mass is 428 g/mol. The molecule has 7 heteroatoms. The first-order chi connectivity index (χ1) is 14.5. The third-order valence-corrected chi connectivity index (χ3v) is 6.29. The number of nitrogens with zero attached hydrogens (tertiary/aromatic N) is 2. The maximum absolute atomic E-state index is 12.6. The molecular weight excluding hydrogens is 396 g/mol. The van der Waals surface area contributed by atoms with Gasteiger partial charge >= 0.3 is 0 Å². The van der Waals surface area contributed by atoms with Crippen LogP contribution in [0.25, 0.3) is 0 Å². The molecule has 6 nitrogen and oxygen atoms in total. The molecule has 1 unspecified atom stereocenters. The van der Waals surface area contributed by atoms with E-state index in [0.717, 1.165) is 39.1 Å². The van der Waals surface area contributed by atoms with E-state index in [0.29, 0.717) is 11.4 Å². The van der Waals surface area contributed by atoms with Gasteiger partial charge in [0.15, 0.2) is 0 Å². The summed E-state index contributed by atoms with van der Waals surface area (Å²) in [6, 6.07) is 13.6. The highest BCUT2D eigenvalue weighted by atomic mass is 32.1. The number of rotatable bonds is 9. The molecule has 2 N–H and O–H groups in total. The van der Waals surface area contributed by atoms with Crippen molar-refractivity contribution in [3.63, 3.8) is 0 Å². The highest BCUT2D eigenvalue weighted by molar-refractivity contribution is 7.12. The Labute approximate surface area is 183 Å². The van der Waals surface area contributed by atoms with Crippen LogP contribution in [0.2, 0.25) is 0 Å². The molecule has 1 aromatic heterocycles. The maximum Gasteiger partial charge on any atom is 0.262 e. The molecule has 162 valence electrons. The van der Waals surface area contributed by atoms with Gasteiger partial charge in [0.05, 0.1) is 4.88 Å². The van der Waals surface area contributed by atoms with E-state index >= 15 is 0 Å². The van der Waals surface area contributed by atoms with Crippen LogP contribution < -0.4 is 15.5 Å². The summed E-state index contributed by atoms with van der Waals surface area (Å²) in [5.41, 5.74) is 1.29. The molecule has 30 heavy (non-hydrogen) atoms. The smallest absolute Gasteiger partial charge is 0.262 e. The van der Waals surface area contributed by atoms with Crippen molar-refractivity contribution in [2.24, 2.45) is 5.92 Å². The largest absolute Gasteiger partial charge is 0.369 e. The summed E-state index contributed by atoms with van der Waals surface area (Å²) in [6.45, 7) is 9.62. The van der Waals surface area contributed by atoms with Crippen molar-refractivity contribution in [1.29, 1.82) is 0 Å². The molecule has 2 amide bonds. The van der Waals surface area contributed by atoms with Crippen LogP contribution in [0.4, 0.5) is 5.69 Å². The van der Waals surface area contributed by atoms with Gasteiger partial charge in [-0.1, -0.05) is 38.1 Å². The van der Waals surface area contributed by atoms with Crippen LogP contribution in [0.3, 0.4) is 0 Å². The number of para-hydroxylation sites is 1. The zero-order valence-electron chi connectivity index (χ0n) is 17.8. The van der Waals surface area contributed by atoms with E-state index in [2.05, 4.69) is 44.7 Å².